The Morgan fingerprint density at radius 3 is 2.70 bits per heavy atom. The lowest BCUT2D eigenvalue weighted by Crippen LogP contribution is -2.23. The quantitative estimate of drug-likeness (QED) is 0.481. The molecular weight excluding hydrogens is 285 g/mol. The van der Waals surface area contributed by atoms with Crippen LogP contribution in [0.25, 0.3) is 0 Å². The molecule has 0 N–H and O–H groups in total. The topological polar surface area (TPSA) is 104 Å². The summed E-state index contributed by atoms with van der Waals surface area (Å²) in [6, 6.07) is 2.36. The van der Waals surface area contributed by atoms with Gasteiger partial charge in [-0.05, 0) is 6.07 Å². The fourth-order valence-electron chi connectivity index (χ4n) is 1.33. The van der Waals surface area contributed by atoms with E-state index < -0.39 is 28.5 Å². The molecule has 2 aromatic rings. The summed E-state index contributed by atoms with van der Waals surface area (Å²) in [4.78, 5) is 20.5. The van der Waals surface area contributed by atoms with E-state index in [1.807, 2.05) is 0 Å². The van der Waals surface area contributed by atoms with Crippen LogP contribution >= 0.6 is 0 Å². The van der Waals surface area contributed by atoms with Crippen LogP contribution in [0.4, 0.5) is 19.1 Å². The Morgan fingerprint density at radius 1 is 1.45 bits per heavy atom. The van der Waals surface area contributed by atoms with Crippen LogP contribution in [-0.4, -0.2) is 31.9 Å². The molecule has 0 amide bonds. The molecule has 0 bridgehead atoms. The molecule has 0 saturated heterocycles. The summed E-state index contributed by atoms with van der Waals surface area (Å²) < 4.78 is 42.1. The van der Waals surface area contributed by atoms with Gasteiger partial charge in [0.05, 0.1) is 12.3 Å². The van der Waals surface area contributed by atoms with E-state index in [0.717, 1.165) is 16.9 Å². The van der Waals surface area contributed by atoms with Crippen LogP contribution in [0.3, 0.4) is 0 Å². The normalized spacial score (nSPS) is 11.6. The van der Waals surface area contributed by atoms with Crippen LogP contribution in [0.2, 0.25) is 0 Å². The van der Waals surface area contributed by atoms with E-state index in [9.17, 15) is 28.1 Å². The first-order valence-corrected chi connectivity index (χ1v) is 5.02. The predicted molar refractivity (Wildman–Crippen MR) is 54.9 cm³/mol. The minimum Gasteiger partial charge on any atom is -0.404 e. The van der Waals surface area contributed by atoms with Gasteiger partial charge in [0.2, 0.25) is 0 Å². The first kappa shape index (κ1) is 13.7. The third-order valence-corrected chi connectivity index (χ3v) is 2.17. The van der Waals surface area contributed by atoms with Gasteiger partial charge in [0.1, 0.15) is 17.2 Å². The van der Waals surface area contributed by atoms with E-state index in [1.165, 1.54) is 6.07 Å². The Balaban J connectivity index is 2.13. The van der Waals surface area contributed by atoms with Crippen molar-refractivity contribution in [2.75, 3.05) is 0 Å². The number of carbonyl (C=O) groups is 1. The SMILES string of the molecule is O=C(c1cn(Cc2ccc([N+](=O)[O-])o2)nn1)C(F)(F)F. The fraction of sp³-hybridized carbons (Fsp3) is 0.222. The van der Waals surface area contributed by atoms with Crippen LogP contribution in [0.5, 0.6) is 0 Å². The van der Waals surface area contributed by atoms with Crippen molar-refractivity contribution in [2.24, 2.45) is 0 Å². The minimum atomic E-state index is -5.04. The molecule has 0 aromatic carbocycles. The Morgan fingerprint density at radius 2 is 2.15 bits per heavy atom. The summed E-state index contributed by atoms with van der Waals surface area (Å²) in [6.45, 7) is -0.189. The summed E-state index contributed by atoms with van der Waals surface area (Å²) in [6.07, 6.45) is -4.26. The standard InChI is InChI=1S/C9H5F3N4O4/c10-9(11,12)8(17)6-4-15(14-13-6)3-5-1-2-7(20-5)16(18)19/h1-2,4H,3H2. The Bertz CT molecular complexity index is 660. The fourth-order valence-corrected chi connectivity index (χ4v) is 1.33. The van der Waals surface area contributed by atoms with Crippen molar-refractivity contribution >= 4 is 11.7 Å². The molecule has 0 unspecified atom stereocenters. The number of Topliss-reactive ketones (excluding diaryl/α,β-unsaturated/α-hetero) is 1. The maximum atomic E-state index is 12.1. The van der Waals surface area contributed by atoms with Gasteiger partial charge in [0.15, 0.2) is 5.69 Å². The molecule has 11 heteroatoms. The lowest BCUT2D eigenvalue weighted by molar-refractivity contribution is -0.402. The maximum absolute atomic E-state index is 12.1. The Kier molecular flexibility index (Phi) is 3.26. The summed E-state index contributed by atoms with van der Waals surface area (Å²) in [5.41, 5.74) is -0.862. The van der Waals surface area contributed by atoms with Crippen LogP contribution in [0, 0.1) is 10.1 Å². The first-order chi connectivity index (χ1) is 9.27. The van der Waals surface area contributed by atoms with Crippen molar-refractivity contribution in [3.05, 3.63) is 39.9 Å². The monoisotopic (exact) mass is 290 g/mol. The number of hydrogen-bond donors (Lipinski definition) is 0. The highest BCUT2D eigenvalue weighted by molar-refractivity contribution is 5.98. The van der Waals surface area contributed by atoms with E-state index >= 15 is 0 Å². The predicted octanol–water partition coefficient (Wildman–Crippen LogP) is 1.57. The van der Waals surface area contributed by atoms with Crippen molar-refractivity contribution in [3.63, 3.8) is 0 Å². The van der Waals surface area contributed by atoms with Gasteiger partial charge in [0.25, 0.3) is 5.78 Å². The Labute approximate surface area is 107 Å². The van der Waals surface area contributed by atoms with Gasteiger partial charge in [-0.25, -0.2) is 4.68 Å². The minimum absolute atomic E-state index is 0.0904. The largest absolute Gasteiger partial charge is 0.456 e. The van der Waals surface area contributed by atoms with Crippen molar-refractivity contribution < 1.29 is 27.3 Å². The van der Waals surface area contributed by atoms with Crippen molar-refractivity contribution in [3.8, 4) is 0 Å². The second-order valence-corrected chi connectivity index (χ2v) is 3.63. The molecule has 2 aromatic heterocycles. The van der Waals surface area contributed by atoms with Crippen LogP contribution < -0.4 is 0 Å². The van der Waals surface area contributed by atoms with Gasteiger partial charge in [-0.2, -0.15) is 13.2 Å². The molecule has 20 heavy (non-hydrogen) atoms. The number of alkyl halides is 3. The number of carbonyl (C=O) groups excluding carboxylic acids is 1. The molecule has 0 radical (unpaired) electrons. The van der Waals surface area contributed by atoms with Crippen LogP contribution in [0.1, 0.15) is 16.2 Å². The third-order valence-electron chi connectivity index (χ3n) is 2.17. The molecule has 8 nitrogen and oxygen atoms in total. The number of rotatable bonds is 4. The average molecular weight is 290 g/mol. The third kappa shape index (κ3) is 2.81. The van der Waals surface area contributed by atoms with Gasteiger partial charge < -0.3 is 4.42 Å². The van der Waals surface area contributed by atoms with Gasteiger partial charge >= 0.3 is 12.1 Å². The van der Waals surface area contributed by atoms with E-state index in [-0.39, 0.29) is 12.3 Å². The first-order valence-electron chi connectivity index (χ1n) is 5.02. The maximum Gasteiger partial charge on any atom is 0.456 e. The molecule has 0 aliphatic carbocycles. The highest BCUT2D eigenvalue weighted by atomic mass is 19.4. The summed E-state index contributed by atoms with van der Waals surface area (Å²) in [5.74, 6) is -2.53. The number of halogens is 3. The van der Waals surface area contributed by atoms with Crippen LogP contribution in [-0.2, 0) is 6.54 Å². The lowest BCUT2D eigenvalue weighted by Gasteiger charge is -1.99. The van der Waals surface area contributed by atoms with Crippen molar-refractivity contribution in [2.45, 2.75) is 12.7 Å². The number of nitrogens with zero attached hydrogens (tertiary/aromatic N) is 4. The number of furan rings is 1. The van der Waals surface area contributed by atoms with Crippen molar-refractivity contribution in [1.82, 2.24) is 15.0 Å². The molecule has 106 valence electrons. The zero-order chi connectivity index (χ0) is 14.9. The molecule has 0 fully saturated rings. The highest BCUT2D eigenvalue weighted by Gasteiger charge is 2.41. The molecule has 0 aliphatic rings. The molecule has 0 spiro atoms. The van der Waals surface area contributed by atoms with Gasteiger partial charge in [-0.15, -0.1) is 5.10 Å². The zero-order valence-electron chi connectivity index (χ0n) is 9.49. The van der Waals surface area contributed by atoms with Gasteiger partial charge in [-0.1, -0.05) is 5.21 Å². The molecule has 0 atom stereocenters. The van der Waals surface area contributed by atoms with Crippen LogP contribution in [0.15, 0.2) is 22.7 Å². The second-order valence-electron chi connectivity index (χ2n) is 3.63. The zero-order valence-corrected chi connectivity index (χ0v) is 9.49. The summed E-state index contributed by atoms with van der Waals surface area (Å²) in [7, 11) is 0. The summed E-state index contributed by atoms with van der Waals surface area (Å²) >= 11 is 0. The van der Waals surface area contributed by atoms with Gasteiger partial charge in [-0.3, -0.25) is 14.9 Å². The number of nitro groups is 1. The smallest absolute Gasteiger partial charge is 0.404 e. The molecular formula is C9H5F3N4O4. The molecule has 2 heterocycles. The Hall–Kier alpha value is -2.72. The van der Waals surface area contributed by atoms with Gasteiger partial charge in [0, 0.05) is 0 Å². The van der Waals surface area contributed by atoms with E-state index in [0.29, 0.717) is 0 Å². The number of hydrogen-bond acceptors (Lipinski definition) is 6. The van der Waals surface area contributed by atoms with Crippen molar-refractivity contribution in [1.29, 1.82) is 0 Å². The van der Waals surface area contributed by atoms with E-state index in [4.69, 9.17) is 4.42 Å². The average Bonchev–Trinajstić information content (AvgIpc) is 2.96. The molecule has 0 aliphatic heterocycles. The number of ketones is 1. The summed E-state index contributed by atoms with van der Waals surface area (Å²) in [5, 5.41) is 16.8. The lowest BCUT2D eigenvalue weighted by atomic mass is 10.3. The van der Waals surface area contributed by atoms with E-state index in [1.54, 1.807) is 0 Å². The molecule has 0 saturated carbocycles. The molecule has 2 rings (SSSR count). The van der Waals surface area contributed by atoms with E-state index in [2.05, 4.69) is 10.3 Å². The highest BCUT2D eigenvalue weighted by Crippen LogP contribution is 2.20. The second kappa shape index (κ2) is 4.75. The number of aromatic nitrogens is 3.